The Bertz CT molecular complexity index is 884. The highest BCUT2D eigenvalue weighted by molar-refractivity contribution is 7.91. The number of nitrogens with zero attached hydrogens (tertiary/aromatic N) is 3. The smallest absolute Gasteiger partial charge is 0.217 e. The van der Waals surface area contributed by atoms with Crippen LogP contribution in [0.3, 0.4) is 0 Å². The quantitative estimate of drug-likeness (QED) is 0.824. The molecular formula is C16H20N4O2S2. The minimum atomic E-state index is -2.89. The van der Waals surface area contributed by atoms with Gasteiger partial charge in [-0.3, -0.25) is 10.00 Å². The van der Waals surface area contributed by atoms with E-state index in [-0.39, 0.29) is 17.5 Å². The van der Waals surface area contributed by atoms with Gasteiger partial charge in [0.1, 0.15) is 5.82 Å². The van der Waals surface area contributed by atoms with Crippen molar-refractivity contribution in [3.63, 3.8) is 0 Å². The second kappa shape index (κ2) is 7.00. The van der Waals surface area contributed by atoms with Gasteiger partial charge >= 0.3 is 0 Å². The molecular weight excluding hydrogens is 344 g/mol. The highest BCUT2D eigenvalue weighted by Crippen LogP contribution is 2.17. The average molecular weight is 364 g/mol. The van der Waals surface area contributed by atoms with Crippen molar-refractivity contribution in [3.8, 4) is 0 Å². The zero-order valence-electron chi connectivity index (χ0n) is 13.4. The lowest BCUT2D eigenvalue weighted by Crippen LogP contribution is -2.34. The van der Waals surface area contributed by atoms with Gasteiger partial charge in [-0.2, -0.15) is 4.98 Å². The Morgan fingerprint density at radius 3 is 2.79 bits per heavy atom. The van der Waals surface area contributed by atoms with E-state index in [1.807, 2.05) is 54.4 Å². The topological polar surface area (TPSA) is 71.0 Å². The van der Waals surface area contributed by atoms with Gasteiger partial charge < -0.3 is 0 Å². The first kappa shape index (κ1) is 17.1. The van der Waals surface area contributed by atoms with Gasteiger partial charge in [-0.15, -0.1) is 0 Å². The van der Waals surface area contributed by atoms with Crippen LogP contribution in [0, 0.1) is 4.77 Å². The van der Waals surface area contributed by atoms with E-state index < -0.39 is 9.84 Å². The molecule has 0 aliphatic carbocycles. The second-order valence-electron chi connectivity index (χ2n) is 6.02. The molecule has 0 spiro atoms. The van der Waals surface area contributed by atoms with Crippen molar-refractivity contribution in [3.05, 3.63) is 46.5 Å². The summed E-state index contributed by atoms with van der Waals surface area (Å²) >= 11 is 5.28. The lowest BCUT2D eigenvalue weighted by atomic mass is 10.2. The van der Waals surface area contributed by atoms with Crippen LogP contribution >= 0.6 is 12.2 Å². The molecule has 1 aromatic heterocycles. The Morgan fingerprint density at radius 2 is 2.12 bits per heavy atom. The van der Waals surface area contributed by atoms with Crippen molar-refractivity contribution < 1.29 is 8.42 Å². The number of hydrogen-bond acceptors (Lipinski definition) is 5. The van der Waals surface area contributed by atoms with Crippen molar-refractivity contribution in [1.29, 1.82) is 0 Å². The Morgan fingerprint density at radius 1 is 1.38 bits per heavy atom. The molecule has 0 amide bonds. The number of H-pyrrole nitrogens is 1. The number of sulfone groups is 1. The van der Waals surface area contributed by atoms with Crippen molar-refractivity contribution in [1.82, 2.24) is 19.7 Å². The second-order valence-corrected chi connectivity index (χ2v) is 8.61. The number of rotatable bonds is 5. The van der Waals surface area contributed by atoms with E-state index in [2.05, 4.69) is 10.1 Å². The monoisotopic (exact) mass is 364 g/mol. The molecule has 24 heavy (non-hydrogen) atoms. The zero-order chi connectivity index (χ0) is 17.2. The lowest BCUT2D eigenvalue weighted by molar-refractivity contribution is 0.196. The summed E-state index contributed by atoms with van der Waals surface area (Å²) in [6.45, 7) is 0.491. The van der Waals surface area contributed by atoms with Gasteiger partial charge in [-0.25, -0.2) is 13.1 Å². The van der Waals surface area contributed by atoms with Crippen LogP contribution in [-0.2, 0) is 16.5 Å². The van der Waals surface area contributed by atoms with E-state index in [4.69, 9.17) is 12.2 Å². The molecule has 1 aliphatic heterocycles. The van der Waals surface area contributed by atoms with Crippen LogP contribution in [-0.4, -0.2) is 52.7 Å². The molecule has 0 bridgehead atoms. The summed E-state index contributed by atoms with van der Waals surface area (Å²) in [5.41, 5.74) is 1.08. The molecule has 1 N–H and O–H groups in total. The van der Waals surface area contributed by atoms with Crippen LogP contribution in [0.5, 0.6) is 0 Å². The Hall–Kier alpha value is -1.77. The maximum Gasteiger partial charge on any atom is 0.217 e. The maximum atomic E-state index is 11.6. The molecule has 1 atom stereocenters. The molecule has 2 aromatic rings. The van der Waals surface area contributed by atoms with Gasteiger partial charge in [0, 0.05) is 6.04 Å². The maximum absolute atomic E-state index is 11.6. The van der Waals surface area contributed by atoms with Crippen LogP contribution in [0.2, 0.25) is 0 Å². The third-order valence-electron chi connectivity index (χ3n) is 4.13. The number of benzene rings is 1. The molecule has 1 aromatic carbocycles. The summed E-state index contributed by atoms with van der Waals surface area (Å²) in [5, 5.41) is 3.15. The van der Waals surface area contributed by atoms with Crippen LogP contribution in [0.15, 0.2) is 30.3 Å². The highest BCUT2D eigenvalue weighted by Gasteiger charge is 2.30. The normalized spacial score (nSPS) is 20.2. The summed E-state index contributed by atoms with van der Waals surface area (Å²) in [7, 11) is -0.981. The first-order valence-electron chi connectivity index (χ1n) is 7.73. The Balaban J connectivity index is 1.68. The van der Waals surface area contributed by atoms with Gasteiger partial charge in [0.25, 0.3) is 0 Å². The number of aromatic amines is 1. The number of nitrogens with one attached hydrogen (secondary N) is 1. The van der Waals surface area contributed by atoms with Gasteiger partial charge in [0.05, 0.1) is 18.2 Å². The zero-order valence-corrected chi connectivity index (χ0v) is 15.1. The van der Waals surface area contributed by atoms with Crippen LogP contribution < -0.4 is 0 Å². The van der Waals surface area contributed by atoms with Crippen molar-refractivity contribution >= 4 is 34.2 Å². The number of aromatic nitrogens is 3. The average Bonchev–Trinajstić information content (AvgIpc) is 3.09. The Kier molecular flexibility index (Phi) is 4.98. The molecule has 2 heterocycles. The molecule has 1 saturated heterocycles. The molecule has 1 fully saturated rings. The van der Waals surface area contributed by atoms with Crippen molar-refractivity contribution in [2.45, 2.75) is 19.1 Å². The van der Waals surface area contributed by atoms with Crippen LogP contribution in [0.1, 0.15) is 17.8 Å². The first-order chi connectivity index (χ1) is 11.4. The fraction of sp³-hybridized carbons (Fsp3) is 0.375. The first-order valence-corrected chi connectivity index (χ1v) is 9.96. The van der Waals surface area contributed by atoms with E-state index in [1.54, 1.807) is 4.68 Å². The molecule has 128 valence electrons. The summed E-state index contributed by atoms with van der Waals surface area (Å²) in [5.74, 6) is 1.16. The minimum absolute atomic E-state index is 0.0310. The van der Waals surface area contributed by atoms with Crippen LogP contribution in [0.4, 0.5) is 0 Å². The fourth-order valence-corrected chi connectivity index (χ4v) is 4.75. The van der Waals surface area contributed by atoms with E-state index >= 15 is 0 Å². The molecule has 1 unspecified atom stereocenters. The van der Waals surface area contributed by atoms with Crippen molar-refractivity contribution in [2.75, 3.05) is 18.6 Å². The summed E-state index contributed by atoms with van der Waals surface area (Å²) in [6.07, 6.45) is 4.51. The summed E-state index contributed by atoms with van der Waals surface area (Å²) < 4.78 is 25.4. The molecule has 0 radical (unpaired) electrons. The fourth-order valence-electron chi connectivity index (χ4n) is 2.75. The Labute approximate surface area is 146 Å². The predicted molar refractivity (Wildman–Crippen MR) is 97.6 cm³/mol. The third-order valence-corrected chi connectivity index (χ3v) is 6.19. The molecule has 6 nitrogen and oxygen atoms in total. The van der Waals surface area contributed by atoms with Crippen LogP contribution in [0.25, 0.3) is 12.2 Å². The van der Waals surface area contributed by atoms with Gasteiger partial charge in [0.2, 0.25) is 4.77 Å². The predicted octanol–water partition coefficient (Wildman–Crippen LogP) is 2.19. The number of hydrogen-bond donors (Lipinski definition) is 1. The van der Waals surface area contributed by atoms with Crippen molar-refractivity contribution in [2.24, 2.45) is 0 Å². The van der Waals surface area contributed by atoms with Gasteiger partial charge in [-0.1, -0.05) is 36.4 Å². The molecule has 1 aliphatic rings. The molecule has 0 saturated carbocycles. The molecule has 8 heteroatoms. The van der Waals surface area contributed by atoms with E-state index in [0.29, 0.717) is 23.7 Å². The van der Waals surface area contributed by atoms with Gasteiger partial charge in [-0.05, 0) is 37.3 Å². The minimum Gasteiger partial charge on any atom is -0.283 e. The molecule has 3 rings (SSSR count). The lowest BCUT2D eigenvalue weighted by Gasteiger charge is -2.22. The summed E-state index contributed by atoms with van der Waals surface area (Å²) in [4.78, 5) is 6.33. The van der Waals surface area contributed by atoms with E-state index in [9.17, 15) is 8.42 Å². The van der Waals surface area contributed by atoms with E-state index in [1.165, 1.54) is 0 Å². The largest absolute Gasteiger partial charge is 0.283 e. The van der Waals surface area contributed by atoms with Gasteiger partial charge in [0.15, 0.2) is 9.84 Å². The summed E-state index contributed by atoms with van der Waals surface area (Å²) in [6, 6.07) is 9.98. The SMILES string of the molecule is CN(Cn1[nH]c(/C=C/c2ccccc2)nc1=S)C1CCS(=O)(=O)C1. The third kappa shape index (κ3) is 4.19. The highest BCUT2D eigenvalue weighted by atomic mass is 32.2. The van der Waals surface area contributed by atoms with E-state index in [0.717, 1.165) is 5.56 Å². The standard InChI is InChI=1S/C16H20N4O2S2/c1-19(14-9-10-24(21,22)11-14)12-20-16(23)17-15(18-20)8-7-13-5-3-2-4-6-13/h2-8,14H,9-12H2,1H3,(H,17,18,23)/b8-7+.